The number of aromatic amines is 1. The van der Waals surface area contributed by atoms with Crippen LogP contribution in [0.3, 0.4) is 0 Å². The molecular formula is C24H21ClF7N3O2. The molecule has 5 nitrogen and oxygen atoms in total. The van der Waals surface area contributed by atoms with E-state index in [-0.39, 0.29) is 24.2 Å². The number of alkyl halides is 6. The third-order valence-electron chi connectivity index (χ3n) is 5.78. The molecule has 1 aromatic heterocycles. The summed E-state index contributed by atoms with van der Waals surface area (Å²) in [5, 5.41) is 15.2. The Kier molecular flexibility index (Phi) is 8.85. The molecule has 1 saturated heterocycles. The zero-order valence-electron chi connectivity index (χ0n) is 19.0. The number of carbonyl (C=O) groups is 1. The Hall–Kier alpha value is -3.12. The Labute approximate surface area is 211 Å². The van der Waals surface area contributed by atoms with Crippen LogP contribution in [0.2, 0.25) is 5.02 Å². The highest BCUT2D eigenvalue weighted by Gasteiger charge is 2.39. The molecule has 2 aromatic carbocycles. The van der Waals surface area contributed by atoms with E-state index in [1.54, 1.807) is 24.3 Å². The molecule has 0 saturated carbocycles. The highest BCUT2D eigenvalue weighted by molar-refractivity contribution is 6.30. The zero-order valence-corrected chi connectivity index (χ0v) is 19.7. The second kappa shape index (κ2) is 11.5. The number of benzene rings is 2. The van der Waals surface area contributed by atoms with Crippen LogP contribution in [-0.4, -0.2) is 58.2 Å². The maximum Gasteiger partial charge on any atom is 0.490 e. The third-order valence-corrected chi connectivity index (χ3v) is 6.03. The summed E-state index contributed by atoms with van der Waals surface area (Å²) < 4.78 is 84.0. The number of hydrogen-bond donors (Lipinski definition) is 2. The number of rotatable bonds is 4. The number of carboxylic acids is 1. The fourth-order valence-corrected chi connectivity index (χ4v) is 4.26. The molecular weight excluding hydrogens is 531 g/mol. The van der Waals surface area contributed by atoms with Crippen molar-refractivity contribution in [3.8, 4) is 11.3 Å². The van der Waals surface area contributed by atoms with Crippen LogP contribution >= 0.6 is 11.6 Å². The smallest absolute Gasteiger partial charge is 0.475 e. The van der Waals surface area contributed by atoms with E-state index >= 15 is 0 Å². The monoisotopic (exact) mass is 551 g/mol. The summed E-state index contributed by atoms with van der Waals surface area (Å²) in [7, 11) is 0. The summed E-state index contributed by atoms with van der Waals surface area (Å²) in [6, 6.07) is 15.2. The van der Waals surface area contributed by atoms with Crippen molar-refractivity contribution in [2.45, 2.75) is 30.6 Å². The van der Waals surface area contributed by atoms with Crippen molar-refractivity contribution < 1.29 is 40.6 Å². The van der Waals surface area contributed by atoms with E-state index in [9.17, 15) is 30.7 Å². The Morgan fingerprint density at radius 3 is 2.16 bits per heavy atom. The summed E-state index contributed by atoms with van der Waals surface area (Å²) in [5.74, 6) is -3.38. The van der Waals surface area contributed by atoms with Gasteiger partial charge in [-0.05, 0) is 48.9 Å². The van der Waals surface area contributed by atoms with Crippen LogP contribution in [0, 0.1) is 5.82 Å². The number of halogens is 8. The minimum atomic E-state index is -5.08. The summed E-state index contributed by atoms with van der Waals surface area (Å²) in [4.78, 5) is 10.3. The maximum absolute atomic E-state index is 13.4. The summed E-state index contributed by atoms with van der Waals surface area (Å²) in [6.45, 7) is -0.376. The molecule has 3 aromatic rings. The van der Waals surface area contributed by atoms with Gasteiger partial charge in [-0.3, -0.25) is 10.00 Å². The van der Waals surface area contributed by atoms with E-state index in [0.717, 1.165) is 22.5 Å². The maximum atomic E-state index is 13.4. The lowest BCUT2D eigenvalue weighted by atomic mass is 9.78. The largest absolute Gasteiger partial charge is 0.490 e. The van der Waals surface area contributed by atoms with Gasteiger partial charge in [-0.1, -0.05) is 35.9 Å². The van der Waals surface area contributed by atoms with E-state index in [0.29, 0.717) is 18.0 Å². The molecule has 0 bridgehead atoms. The lowest BCUT2D eigenvalue weighted by Crippen LogP contribution is -2.43. The molecule has 1 aliphatic rings. The van der Waals surface area contributed by atoms with Crippen molar-refractivity contribution in [2.75, 3.05) is 19.6 Å². The number of H-pyrrole nitrogens is 1. The van der Waals surface area contributed by atoms with E-state index in [2.05, 4.69) is 10.2 Å². The number of nitrogens with one attached hydrogen (secondary N) is 1. The third kappa shape index (κ3) is 8.19. The number of aliphatic carboxylic acids is 1. The molecule has 2 N–H and O–H groups in total. The number of likely N-dealkylation sites (tertiary alicyclic amines) is 1. The van der Waals surface area contributed by atoms with Gasteiger partial charge in [0.05, 0.1) is 12.2 Å². The van der Waals surface area contributed by atoms with E-state index in [1.165, 1.54) is 17.0 Å². The van der Waals surface area contributed by atoms with Gasteiger partial charge in [-0.15, -0.1) is 0 Å². The quantitative estimate of drug-likeness (QED) is 0.357. The number of carboxylic acid groups (broad SMARTS) is 1. The van der Waals surface area contributed by atoms with Gasteiger partial charge >= 0.3 is 18.3 Å². The summed E-state index contributed by atoms with van der Waals surface area (Å²) in [5.41, 5.74) is 3.32. The first-order valence-corrected chi connectivity index (χ1v) is 11.3. The van der Waals surface area contributed by atoms with Gasteiger partial charge in [-0.25, -0.2) is 9.18 Å². The topological polar surface area (TPSA) is 69.2 Å². The minimum absolute atomic E-state index is 0.0477. The van der Waals surface area contributed by atoms with Crippen LogP contribution in [-0.2, 0) is 4.79 Å². The molecule has 1 aliphatic heterocycles. The molecule has 0 amide bonds. The molecule has 200 valence electrons. The Bertz CT molecular complexity index is 1180. The van der Waals surface area contributed by atoms with Gasteiger partial charge in [-0.2, -0.15) is 31.4 Å². The molecule has 37 heavy (non-hydrogen) atoms. The van der Waals surface area contributed by atoms with E-state index in [1.807, 2.05) is 18.2 Å². The van der Waals surface area contributed by atoms with Gasteiger partial charge in [0.15, 0.2) is 0 Å². The van der Waals surface area contributed by atoms with Crippen molar-refractivity contribution in [3.63, 3.8) is 0 Å². The van der Waals surface area contributed by atoms with Crippen molar-refractivity contribution in [1.29, 1.82) is 0 Å². The normalized spacial score (nSPS) is 18.7. The fourth-order valence-electron chi connectivity index (χ4n) is 4.13. The number of piperidine rings is 1. The molecule has 4 rings (SSSR count). The van der Waals surface area contributed by atoms with Crippen LogP contribution in [0.25, 0.3) is 11.3 Å². The second-order valence-corrected chi connectivity index (χ2v) is 8.86. The van der Waals surface area contributed by atoms with Gasteiger partial charge in [0.2, 0.25) is 0 Å². The lowest BCUT2D eigenvalue weighted by molar-refractivity contribution is -0.192. The van der Waals surface area contributed by atoms with Crippen molar-refractivity contribution in [3.05, 3.63) is 76.7 Å². The Balaban J connectivity index is 0.000000479. The average Bonchev–Trinajstić information content (AvgIpc) is 3.29. The van der Waals surface area contributed by atoms with Crippen molar-refractivity contribution in [1.82, 2.24) is 15.1 Å². The molecule has 0 spiro atoms. The van der Waals surface area contributed by atoms with Crippen LogP contribution in [0.1, 0.15) is 29.5 Å². The van der Waals surface area contributed by atoms with Crippen LogP contribution < -0.4 is 0 Å². The first-order chi connectivity index (χ1) is 17.2. The predicted molar refractivity (Wildman–Crippen MR) is 122 cm³/mol. The van der Waals surface area contributed by atoms with Gasteiger partial charge in [0.1, 0.15) is 5.82 Å². The SMILES string of the molecule is Fc1ccc(C2CN(CC(F)(F)F)CCC2c2cc(-c3ccc(Cl)cc3)n[nH]2)cc1.O=C(O)C(F)(F)F. The highest BCUT2D eigenvalue weighted by Crippen LogP contribution is 2.40. The Morgan fingerprint density at radius 2 is 1.62 bits per heavy atom. The number of nitrogens with zero attached hydrogens (tertiary/aromatic N) is 2. The van der Waals surface area contributed by atoms with Crippen LogP contribution in [0.4, 0.5) is 30.7 Å². The molecule has 2 heterocycles. The molecule has 0 aliphatic carbocycles. The van der Waals surface area contributed by atoms with Crippen molar-refractivity contribution in [2.24, 2.45) is 0 Å². The van der Waals surface area contributed by atoms with Crippen LogP contribution in [0.5, 0.6) is 0 Å². The van der Waals surface area contributed by atoms with Gasteiger partial charge < -0.3 is 5.11 Å². The molecule has 2 atom stereocenters. The van der Waals surface area contributed by atoms with Crippen molar-refractivity contribution >= 4 is 17.6 Å². The highest BCUT2D eigenvalue weighted by atomic mass is 35.5. The molecule has 2 unspecified atom stereocenters. The molecule has 13 heteroatoms. The Morgan fingerprint density at radius 1 is 1.03 bits per heavy atom. The summed E-state index contributed by atoms with van der Waals surface area (Å²) >= 11 is 5.94. The van der Waals surface area contributed by atoms with Gasteiger partial charge in [0.25, 0.3) is 0 Å². The van der Waals surface area contributed by atoms with Gasteiger partial charge in [0, 0.05) is 34.7 Å². The lowest BCUT2D eigenvalue weighted by Gasteiger charge is -2.38. The first kappa shape index (κ1) is 28.5. The standard InChI is InChI=1S/C22H20ClF4N3.C2HF3O2/c23-16-5-1-15(2-6-16)20-11-21(29-28-20)18-9-10-30(13-22(25,26)27)12-19(18)14-3-7-17(24)8-4-14;3-2(4,5)1(6)7/h1-8,11,18-19H,9-10,12-13H2,(H,28,29);(H,6,7). The zero-order chi connectivity index (χ0) is 27.4. The second-order valence-electron chi connectivity index (χ2n) is 8.42. The molecule has 0 radical (unpaired) electrons. The minimum Gasteiger partial charge on any atom is -0.475 e. The molecule has 1 fully saturated rings. The number of hydrogen-bond acceptors (Lipinski definition) is 3. The van der Waals surface area contributed by atoms with E-state index in [4.69, 9.17) is 21.5 Å². The predicted octanol–water partition coefficient (Wildman–Crippen LogP) is 6.64. The summed E-state index contributed by atoms with van der Waals surface area (Å²) in [6.07, 6.45) is -8.80. The average molecular weight is 552 g/mol. The first-order valence-electron chi connectivity index (χ1n) is 10.9. The van der Waals surface area contributed by atoms with Crippen LogP contribution in [0.15, 0.2) is 54.6 Å². The number of aromatic nitrogens is 2. The fraction of sp³-hybridized carbons (Fsp3) is 0.333. The van der Waals surface area contributed by atoms with E-state index < -0.39 is 24.9 Å².